The van der Waals surface area contributed by atoms with E-state index in [4.69, 9.17) is 5.11 Å². The topological polar surface area (TPSA) is 40.5 Å². The smallest absolute Gasteiger partial charge is 0.308 e. The molecule has 0 spiro atoms. The van der Waals surface area contributed by atoms with Gasteiger partial charge in [-0.05, 0) is 25.0 Å². The molecule has 0 aromatic heterocycles. The Bertz CT molecular complexity index is 460. The monoisotopic (exact) mass is 221 g/mol. The standard InChI is InChI=1S/C12H12FNO2/c13-10-2-1-3-11-9(10)5-8-4-7(12(15)16)6-14(8)11/h1-3,7-8H,4-6H2,(H,15,16). The summed E-state index contributed by atoms with van der Waals surface area (Å²) in [4.78, 5) is 12.9. The van der Waals surface area contributed by atoms with E-state index in [2.05, 4.69) is 0 Å². The number of anilines is 1. The van der Waals surface area contributed by atoms with Crippen LogP contribution in [0.2, 0.25) is 0 Å². The first-order valence-corrected chi connectivity index (χ1v) is 5.43. The minimum atomic E-state index is -0.743. The fourth-order valence-corrected chi connectivity index (χ4v) is 2.84. The van der Waals surface area contributed by atoms with Crippen LogP contribution >= 0.6 is 0 Å². The number of aliphatic carboxylic acids is 1. The second-order valence-corrected chi connectivity index (χ2v) is 4.52. The second-order valence-electron chi connectivity index (χ2n) is 4.52. The molecule has 4 heteroatoms. The number of fused-ring (bicyclic) bond motifs is 3. The van der Waals surface area contributed by atoms with E-state index < -0.39 is 5.97 Å². The van der Waals surface area contributed by atoms with Crippen molar-refractivity contribution in [2.45, 2.75) is 18.9 Å². The second kappa shape index (κ2) is 3.20. The van der Waals surface area contributed by atoms with Gasteiger partial charge in [-0.15, -0.1) is 0 Å². The Labute approximate surface area is 92.5 Å². The van der Waals surface area contributed by atoms with Gasteiger partial charge in [0.1, 0.15) is 5.82 Å². The average Bonchev–Trinajstić information content (AvgIpc) is 2.76. The molecule has 0 bridgehead atoms. The van der Waals surface area contributed by atoms with Crippen LogP contribution in [-0.2, 0) is 11.2 Å². The van der Waals surface area contributed by atoms with Gasteiger partial charge in [-0.1, -0.05) is 6.07 Å². The van der Waals surface area contributed by atoms with Crippen molar-refractivity contribution in [1.82, 2.24) is 0 Å². The van der Waals surface area contributed by atoms with Gasteiger partial charge in [0, 0.05) is 23.8 Å². The highest BCUT2D eigenvalue weighted by Gasteiger charge is 2.41. The highest BCUT2D eigenvalue weighted by Crippen LogP contribution is 2.40. The molecule has 0 radical (unpaired) electrons. The molecule has 2 aliphatic heterocycles. The van der Waals surface area contributed by atoms with E-state index in [0.29, 0.717) is 19.4 Å². The van der Waals surface area contributed by atoms with Crippen molar-refractivity contribution in [3.05, 3.63) is 29.6 Å². The van der Waals surface area contributed by atoms with Gasteiger partial charge in [0.15, 0.2) is 0 Å². The molecule has 2 atom stereocenters. The number of nitrogens with zero attached hydrogens (tertiary/aromatic N) is 1. The Morgan fingerprint density at radius 1 is 1.50 bits per heavy atom. The Morgan fingerprint density at radius 2 is 2.31 bits per heavy atom. The summed E-state index contributed by atoms with van der Waals surface area (Å²) in [6, 6.07) is 5.20. The quantitative estimate of drug-likeness (QED) is 0.784. The number of benzene rings is 1. The zero-order valence-corrected chi connectivity index (χ0v) is 8.69. The summed E-state index contributed by atoms with van der Waals surface area (Å²) in [5, 5.41) is 8.97. The Morgan fingerprint density at radius 3 is 3.06 bits per heavy atom. The first-order valence-electron chi connectivity index (χ1n) is 5.43. The van der Waals surface area contributed by atoms with Crippen LogP contribution < -0.4 is 4.90 Å². The molecule has 2 unspecified atom stereocenters. The maximum atomic E-state index is 13.5. The lowest BCUT2D eigenvalue weighted by atomic mass is 10.0. The van der Waals surface area contributed by atoms with Gasteiger partial charge in [0.05, 0.1) is 5.92 Å². The van der Waals surface area contributed by atoms with Crippen molar-refractivity contribution in [1.29, 1.82) is 0 Å². The predicted molar refractivity (Wildman–Crippen MR) is 57.0 cm³/mol. The van der Waals surface area contributed by atoms with Crippen molar-refractivity contribution in [2.24, 2.45) is 5.92 Å². The highest BCUT2D eigenvalue weighted by atomic mass is 19.1. The maximum absolute atomic E-state index is 13.5. The lowest BCUT2D eigenvalue weighted by Gasteiger charge is -2.18. The summed E-state index contributed by atoms with van der Waals surface area (Å²) in [5.74, 6) is -1.22. The zero-order valence-electron chi connectivity index (χ0n) is 8.69. The summed E-state index contributed by atoms with van der Waals surface area (Å²) >= 11 is 0. The van der Waals surface area contributed by atoms with Crippen LogP contribution in [0.3, 0.4) is 0 Å². The van der Waals surface area contributed by atoms with Crippen molar-refractivity contribution < 1.29 is 14.3 Å². The Balaban J connectivity index is 1.94. The van der Waals surface area contributed by atoms with Gasteiger partial charge in [-0.25, -0.2) is 4.39 Å². The molecular formula is C12H12FNO2. The fraction of sp³-hybridized carbons (Fsp3) is 0.417. The van der Waals surface area contributed by atoms with Crippen LogP contribution in [0.25, 0.3) is 0 Å². The minimum Gasteiger partial charge on any atom is -0.481 e. The molecule has 1 saturated heterocycles. The summed E-state index contributed by atoms with van der Waals surface area (Å²) in [5.41, 5.74) is 1.63. The number of carboxylic acid groups (broad SMARTS) is 1. The van der Waals surface area contributed by atoms with Gasteiger partial charge in [-0.3, -0.25) is 4.79 Å². The van der Waals surface area contributed by atoms with E-state index in [0.717, 1.165) is 11.3 Å². The highest BCUT2D eigenvalue weighted by molar-refractivity contribution is 5.74. The van der Waals surface area contributed by atoms with E-state index >= 15 is 0 Å². The molecule has 2 heterocycles. The first-order chi connectivity index (χ1) is 7.66. The summed E-state index contributed by atoms with van der Waals surface area (Å²) < 4.78 is 13.5. The molecule has 1 aromatic rings. The van der Waals surface area contributed by atoms with Gasteiger partial charge in [0.2, 0.25) is 0 Å². The van der Waals surface area contributed by atoms with Crippen LogP contribution in [0.1, 0.15) is 12.0 Å². The zero-order chi connectivity index (χ0) is 11.3. The lowest BCUT2D eigenvalue weighted by molar-refractivity contribution is -0.141. The molecule has 0 amide bonds. The molecule has 3 nitrogen and oxygen atoms in total. The van der Waals surface area contributed by atoms with Crippen molar-refractivity contribution in [3.8, 4) is 0 Å². The third-order valence-corrected chi connectivity index (χ3v) is 3.61. The molecule has 1 N–H and O–H groups in total. The van der Waals surface area contributed by atoms with Crippen LogP contribution in [-0.4, -0.2) is 23.7 Å². The number of carbonyl (C=O) groups is 1. The van der Waals surface area contributed by atoms with Crippen LogP contribution in [0.15, 0.2) is 18.2 Å². The SMILES string of the molecule is O=C(O)C1CC2Cc3c(F)cccc3N2C1. The number of carboxylic acids is 1. The summed E-state index contributed by atoms with van der Waals surface area (Å²) in [6.45, 7) is 0.510. The molecule has 0 saturated carbocycles. The molecule has 1 fully saturated rings. The van der Waals surface area contributed by atoms with Crippen LogP contribution in [0.4, 0.5) is 10.1 Å². The van der Waals surface area contributed by atoms with Gasteiger partial charge < -0.3 is 10.0 Å². The van der Waals surface area contributed by atoms with E-state index in [1.165, 1.54) is 6.07 Å². The summed E-state index contributed by atoms with van der Waals surface area (Å²) in [7, 11) is 0. The Hall–Kier alpha value is -1.58. The van der Waals surface area contributed by atoms with Crippen molar-refractivity contribution >= 4 is 11.7 Å². The average molecular weight is 221 g/mol. The van der Waals surface area contributed by atoms with E-state index in [1.807, 2.05) is 11.0 Å². The molecule has 1 aromatic carbocycles. The van der Waals surface area contributed by atoms with E-state index in [9.17, 15) is 9.18 Å². The number of rotatable bonds is 1. The largest absolute Gasteiger partial charge is 0.481 e. The van der Waals surface area contributed by atoms with Crippen LogP contribution in [0.5, 0.6) is 0 Å². The molecule has 0 aliphatic carbocycles. The fourth-order valence-electron chi connectivity index (χ4n) is 2.84. The van der Waals surface area contributed by atoms with Gasteiger partial charge in [0.25, 0.3) is 0 Å². The van der Waals surface area contributed by atoms with Gasteiger partial charge >= 0.3 is 5.97 Å². The van der Waals surface area contributed by atoms with Gasteiger partial charge in [-0.2, -0.15) is 0 Å². The first kappa shape index (κ1) is 9.63. The third-order valence-electron chi connectivity index (χ3n) is 3.61. The predicted octanol–water partition coefficient (Wildman–Crippen LogP) is 1.66. The van der Waals surface area contributed by atoms with Crippen molar-refractivity contribution in [3.63, 3.8) is 0 Å². The minimum absolute atomic E-state index is 0.168. The normalized spacial score (nSPS) is 26.7. The molecule has 16 heavy (non-hydrogen) atoms. The molecule has 84 valence electrons. The molecule has 2 aliphatic rings. The number of hydrogen-bond acceptors (Lipinski definition) is 2. The number of halogens is 1. The van der Waals surface area contributed by atoms with E-state index in [-0.39, 0.29) is 17.8 Å². The molecule has 3 rings (SSSR count). The van der Waals surface area contributed by atoms with E-state index in [1.54, 1.807) is 6.07 Å². The third kappa shape index (κ3) is 1.22. The maximum Gasteiger partial charge on any atom is 0.308 e. The lowest BCUT2D eigenvalue weighted by Crippen LogP contribution is -2.25. The summed E-state index contributed by atoms with van der Waals surface area (Å²) in [6.07, 6.45) is 1.27. The number of hydrogen-bond donors (Lipinski definition) is 1. The Kier molecular flexibility index (Phi) is 1.93. The van der Waals surface area contributed by atoms with Crippen LogP contribution in [0, 0.1) is 11.7 Å². The molecular weight excluding hydrogens is 209 g/mol. The van der Waals surface area contributed by atoms with Crippen molar-refractivity contribution in [2.75, 3.05) is 11.4 Å².